The van der Waals surface area contributed by atoms with Gasteiger partial charge in [-0.25, -0.2) is 0 Å². The van der Waals surface area contributed by atoms with Crippen molar-refractivity contribution in [2.45, 2.75) is 6.92 Å². The Balaban J connectivity index is 0. The number of carbonyl (C=O) groups is 1. The van der Waals surface area contributed by atoms with Gasteiger partial charge in [-0.2, -0.15) is 5.43 Å². The molecule has 4 N–H and O–H groups in total. The minimum Gasteiger partial charge on any atom is -0.550 e. The van der Waals surface area contributed by atoms with E-state index >= 15 is 0 Å². The van der Waals surface area contributed by atoms with Crippen LogP contribution in [0, 0.1) is 0 Å². The Labute approximate surface area is 75.4 Å². The van der Waals surface area contributed by atoms with Crippen molar-refractivity contribution < 1.29 is 29.7 Å². The smallest absolute Gasteiger partial charge is 0.550 e. The number of quaternary nitrogens is 1. The molecule has 0 fully saturated rings. The summed E-state index contributed by atoms with van der Waals surface area (Å²) in [5.74, 6) is -1.08. The SMILES string of the molecule is C1=C[NH2+]N=C1.CC(=O)[O-].O=[P+](O)O. The van der Waals surface area contributed by atoms with Gasteiger partial charge in [0.2, 0.25) is 0 Å². The highest BCUT2D eigenvalue weighted by Gasteiger charge is 1.93. The van der Waals surface area contributed by atoms with E-state index in [0.29, 0.717) is 0 Å². The van der Waals surface area contributed by atoms with Crippen molar-refractivity contribution in [1.29, 1.82) is 0 Å². The fraction of sp³-hybridized carbons (Fsp3) is 0.200. The summed E-state index contributed by atoms with van der Waals surface area (Å²) < 4.78 is 8.70. The van der Waals surface area contributed by atoms with E-state index < -0.39 is 14.2 Å². The molecule has 0 bridgehead atoms. The lowest BCUT2D eigenvalue weighted by Crippen LogP contribution is -2.69. The maximum absolute atomic E-state index is 8.89. The largest absolute Gasteiger partial charge is 0.692 e. The normalized spacial score (nSPS) is 10.7. The third kappa shape index (κ3) is 57.2. The number of nitrogens with zero attached hydrogens (tertiary/aromatic N) is 1. The number of hydrogen-bond acceptors (Lipinski definition) is 4. The molecule has 74 valence electrons. The van der Waals surface area contributed by atoms with Crippen LogP contribution in [0.25, 0.3) is 0 Å². The minimum absolute atomic E-state index is 0.972. The van der Waals surface area contributed by atoms with Gasteiger partial charge >= 0.3 is 8.25 Å². The number of rotatable bonds is 0. The van der Waals surface area contributed by atoms with Crippen molar-refractivity contribution in [1.82, 2.24) is 0 Å². The van der Waals surface area contributed by atoms with Crippen molar-refractivity contribution >= 4 is 20.4 Å². The molecule has 1 aliphatic rings. The van der Waals surface area contributed by atoms with E-state index in [1.165, 1.54) is 0 Å². The Morgan fingerprint density at radius 2 is 2.00 bits per heavy atom. The number of carbonyl (C=O) groups excluding carboxylic acids is 1. The van der Waals surface area contributed by atoms with Crippen molar-refractivity contribution in [2.75, 3.05) is 0 Å². The van der Waals surface area contributed by atoms with E-state index in [4.69, 9.17) is 24.3 Å². The molecule has 1 heterocycles. The Kier molecular flexibility index (Phi) is 12.0. The number of carboxylic acids is 1. The molecule has 13 heavy (non-hydrogen) atoms. The fourth-order valence-electron chi connectivity index (χ4n) is 0.248. The van der Waals surface area contributed by atoms with Crippen molar-refractivity contribution in [3.63, 3.8) is 0 Å². The zero-order chi connectivity index (χ0) is 10.7. The first kappa shape index (κ1) is 14.4. The molecule has 0 atom stereocenters. The molecule has 8 heteroatoms. The van der Waals surface area contributed by atoms with Gasteiger partial charge in [0.1, 0.15) is 6.20 Å². The summed E-state index contributed by atoms with van der Waals surface area (Å²) in [4.78, 5) is 23.1. The third-order valence-electron chi connectivity index (χ3n) is 0.455. The van der Waals surface area contributed by atoms with Crippen LogP contribution >= 0.6 is 8.25 Å². The number of allylic oxidation sites excluding steroid dienone is 1. The molecule has 0 unspecified atom stereocenters. The van der Waals surface area contributed by atoms with Gasteiger partial charge in [-0.3, -0.25) is 0 Å². The molecule has 0 saturated heterocycles. The Bertz CT molecular complexity index is 185. The van der Waals surface area contributed by atoms with E-state index in [9.17, 15) is 0 Å². The maximum atomic E-state index is 8.89. The minimum atomic E-state index is -2.87. The van der Waals surface area contributed by atoms with Gasteiger partial charge in [0.05, 0.1) is 6.21 Å². The van der Waals surface area contributed by atoms with Crippen molar-refractivity contribution in [3.8, 4) is 0 Å². The van der Waals surface area contributed by atoms with Gasteiger partial charge in [-0.05, 0) is 6.92 Å². The lowest BCUT2D eigenvalue weighted by atomic mass is 10.7. The molecule has 0 amide bonds. The molecule has 1 rings (SSSR count). The molecule has 0 aromatic carbocycles. The zero-order valence-corrected chi connectivity index (χ0v) is 7.72. The summed E-state index contributed by atoms with van der Waals surface area (Å²) in [5, 5.41) is 12.6. The average Bonchev–Trinajstić information content (AvgIpc) is 2.35. The summed E-state index contributed by atoms with van der Waals surface area (Å²) in [6.45, 7) is 0.972. The van der Waals surface area contributed by atoms with Crippen LogP contribution in [0.3, 0.4) is 0 Å². The van der Waals surface area contributed by atoms with Gasteiger partial charge < -0.3 is 9.90 Å². The highest BCUT2D eigenvalue weighted by Crippen LogP contribution is 1.98. The van der Waals surface area contributed by atoms with Crippen LogP contribution < -0.4 is 10.5 Å². The number of carboxylic acid groups (broad SMARTS) is 1. The number of hydrogen-bond donors (Lipinski definition) is 3. The van der Waals surface area contributed by atoms with Crippen LogP contribution in [0.5, 0.6) is 0 Å². The topological polar surface area (TPSA) is 127 Å². The van der Waals surface area contributed by atoms with Crippen LogP contribution in [0.1, 0.15) is 6.92 Å². The zero-order valence-electron chi connectivity index (χ0n) is 6.82. The molecule has 0 aromatic rings. The fourth-order valence-corrected chi connectivity index (χ4v) is 0.248. The lowest BCUT2D eigenvalue weighted by Gasteiger charge is -1.77. The molecule has 0 saturated carbocycles. The first-order chi connectivity index (χ1) is 5.96. The highest BCUT2D eigenvalue weighted by molar-refractivity contribution is 7.30. The molecule has 0 spiro atoms. The molecule has 0 radical (unpaired) electrons. The molecular formula is C5H10N2O5P+. The highest BCUT2D eigenvalue weighted by atomic mass is 31.1. The summed E-state index contributed by atoms with van der Waals surface area (Å²) in [6, 6.07) is 0. The molecule has 0 aromatic heterocycles. The first-order valence-electron chi connectivity index (χ1n) is 3.01. The molecule has 7 nitrogen and oxygen atoms in total. The van der Waals surface area contributed by atoms with Gasteiger partial charge in [-0.1, -0.05) is 5.10 Å². The van der Waals surface area contributed by atoms with Gasteiger partial charge in [-0.15, -0.1) is 9.79 Å². The first-order valence-corrected chi connectivity index (χ1v) is 4.17. The monoisotopic (exact) mass is 209 g/mol. The van der Waals surface area contributed by atoms with Gasteiger partial charge in [0.15, 0.2) is 0 Å². The Hall–Kier alpha value is -1.14. The lowest BCUT2D eigenvalue weighted by molar-refractivity contribution is -0.589. The molecule has 1 aliphatic heterocycles. The standard InChI is InChI=1S/C3H4N2.C2H4O2.HO3P/c1-2-4-5-3-1;1-2(3)4;1-4(2)3/h1-3H,(H,4,5);1H3,(H,3,4);(H-,1,2,3)/p+1. The molecular weight excluding hydrogens is 199 g/mol. The van der Waals surface area contributed by atoms with Crippen LogP contribution in [0.4, 0.5) is 0 Å². The quantitative estimate of drug-likeness (QED) is 0.299. The van der Waals surface area contributed by atoms with E-state index in [1.54, 1.807) is 11.6 Å². The summed E-state index contributed by atoms with van der Waals surface area (Å²) in [6.07, 6.45) is 5.53. The van der Waals surface area contributed by atoms with Crippen LogP contribution in [-0.2, 0) is 9.36 Å². The van der Waals surface area contributed by atoms with Crippen LogP contribution in [0.15, 0.2) is 17.4 Å². The summed E-state index contributed by atoms with van der Waals surface area (Å²) >= 11 is 0. The predicted molar refractivity (Wildman–Crippen MR) is 42.3 cm³/mol. The van der Waals surface area contributed by atoms with E-state index in [2.05, 4.69) is 5.10 Å². The Morgan fingerprint density at radius 3 is 2.08 bits per heavy atom. The van der Waals surface area contributed by atoms with E-state index in [-0.39, 0.29) is 0 Å². The summed E-state index contributed by atoms with van der Waals surface area (Å²) in [5.41, 5.74) is 1.75. The van der Waals surface area contributed by atoms with Crippen molar-refractivity contribution in [3.05, 3.63) is 12.3 Å². The van der Waals surface area contributed by atoms with E-state index in [0.717, 1.165) is 6.92 Å². The van der Waals surface area contributed by atoms with Gasteiger partial charge in [0, 0.05) is 16.6 Å². The predicted octanol–water partition coefficient (Wildman–Crippen LogP) is -2.55. The second-order valence-corrected chi connectivity index (χ2v) is 2.08. The van der Waals surface area contributed by atoms with Gasteiger partial charge in [0.25, 0.3) is 0 Å². The second-order valence-electron chi connectivity index (χ2n) is 1.58. The second kappa shape index (κ2) is 10.9. The number of aliphatic carboxylic acids is 1. The van der Waals surface area contributed by atoms with Crippen LogP contribution in [0.2, 0.25) is 0 Å². The maximum Gasteiger partial charge on any atom is 0.692 e. The Morgan fingerprint density at radius 1 is 1.62 bits per heavy atom. The molecule has 0 aliphatic carbocycles. The van der Waals surface area contributed by atoms with E-state index in [1.807, 2.05) is 12.3 Å². The third-order valence-corrected chi connectivity index (χ3v) is 0.455. The number of nitrogens with two attached hydrogens (primary N) is 1. The summed E-state index contributed by atoms with van der Waals surface area (Å²) in [7, 11) is -2.87. The van der Waals surface area contributed by atoms with Crippen molar-refractivity contribution in [2.24, 2.45) is 5.10 Å². The van der Waals surface area contributed by atoms with Crippen LogP contribution in [-0.4, -0.2) is 22.0 Å². The average molecular weight is 209 g/mol.